The summed E-state index contributed by atoms with van der Waals surface area (Å²) < 4.78 is 6.53. The van der Waals surface area contributed by atoms with Crippen LogP contribution in [0.25, 0.3) is 5.78 Å². The van der Waals surface area contributed by atoms with E-state index in [1.807, 2.05) is 6.92 Å². The highest BCUT2D eigenvalue weighted by Gasteiger charge is 2.28. The molecule has 2 heterocycles. The Morgan fingerprint density at radius 3 is 2.90 bits per heavy atom. The summed E-state index contributed by atoms with van der Waals surface area (Å²) in [6.45, 7) is 3.35. The van der Waals surface area contributed by atoms with Crippen LogP contribution in [-0.4, -0.2) is 43.6 Å². The predicted molar refractivity (Wildman–Crippen MR) is 71.6 cm³/mol. The van der Waals surface area contributed by atoms with Crippen LogP contribution in [0.15, 0.2) is 12.3 Å². The van der Waals surface area contributed by atoms with Crippen LogP contribution >= 0.6 is 0 Å². The highest BCUT2D eigenvalue weighted by Crippen LogP contribution is 2.18. The van der Waals surface area contributed by atoms with Gasteiger partial charge in [0, 0.05) is 17.9 Å². The third-order valence-electron chi connectivity index (χ3n) is 3.19. The Hall–Kier alpha value is -2.51. The first-order chi connectivity index (χ1) is 10.0. The molecule has 1 N–H and O–H groups in total. The number of fused-ring (bicyclic) bond motifs is 1. The quantitative estimate of drug-likeness (QED) is 0.810. The van der Waals surface area contributed by atoms with Crippen LogP contribution in [0.4, 0.5) is 0 Å². The number of aryl methyl sites for hydroxylation is 1. The molecule has 0 radical (unpaired) electrons. The first kappa shape index (κ1) is 13.5. The molecule has 0 saturated heterocycles. The van der Waals surface area contributed by atoms with E-state index >= 15 is 0 Å². The van der Waals surface area contributed by atoms with E-state index in [0.717, 1.165) is 18.5 Å². The highest BCUT2D eigenvalue weighted by atomic mass is 16.5. The summed E-state index contributed by atoms with van der Waals surface area (Å²) in [5.41, 5.74) is 0.797. The second-order valence-corrected chi connectivity index (χ2v) is 5.06. The summed E-state index contributed by atoms with van der Waals surface area (Å²) in [4.78, 5) is 31.7. The second-order valence-electron chi connectivity index (χ2n) is 5.06. The Labute approximate surface area is 120 Å². The number of hydrogen-bond donors (Lipinski definition) is 1. The van der Waals surface area contributed by atoms with Crippen molar-refractivity contribution < 1.29 is 14.3 Å². The second kappa shape index (κ2) is 5.12. The summed E-state index contributed by atoms with van der Waals surface area (Å²) in [7, 11) is 0. The number of nitrogens with zero attached hydrogens (tertiary/aromatic N) is 4. The summed E-state index contributed by atoms with van der Waals surface area (Å²) in [5.74, 6) is -0.831. The van der Waals surface area contributed by atoms with Crippen LogP contribution in [0, 0.1) is 6.92 Å². The Morgan fingerprint density at radius 2 is 2.24 bits per heavy atom. The van der Waals surface area contributed by atoms with Gasteiger partial charge in [0.05, 0.1) is 0 Å². The summed E-state index contributed by atoms with van der Waals surface area (Å²) >= 11 is 0. The van der Waals surface area contributed by atoms with Gasteiger partial charge in [-0.2, -0.15) is 4.98 Å². The molecule has 8 heteroatoms. The number of rotatable bonds is 4. The molecule has 1 amide bonds. The van der Waals surface area contributed by atoms with Crippen molar-refractivity contribution in [2.75, 3.05) is 0 Å². The molecule has 0 bridgehead atoms. The van der Waals surface area contributed by atoms with Gasteiger partial charge in [0.1, 0.15) is 0 Å². The minimum absolute atomic E-state index is 0.108. The standard InChI is InChI=1S/C13H15N5O3/c1-7-5-6-14-13-16-10(17-18(7)13)12(20)21-8(2)11(19)15-9-3-4-9/h5-6,8-9H,3-4H2,1-2H3,(H,15,19). The number of amides is 1. The maximum Gasteiger partial charge on any atom is 0.379 e. The van der Waals surface area contributed by atoms with Crippen molar-refractivity contribution in [2.45, 2.75) is 38.8 Å². The largest absolute Gasteiger partial charge is 0.447 e. The van der Waals surface area contributed by atoms with Gasteiger partial charge < -0.3 is 10.1 Å². The van der Waals surface area contributed by atoms with Crippen molar-refractivity contribution in [3.8, 4) is 0 Å². The van der Waals surface area contributed by atoms with E-state index < -0.39 is 12.1 Å². The number of carbonyl (C=O) groups excluding carboxylic acids is 2. The summed E-state index contributed by atoms with van der Waals surface area (Å²) in [6.07, 6.45) is 2.66. The van der Waals surface area contributed by atoms with E-state index in [2.05, 4.69) is 20.4 Å². The molecular weight excluding hydrogens is 274 g/mol. The Balaban J connectivity index is 1.71. The van der Waals surface area contributed by atoms with E-state index in [-0.39, 0.29) is 17.8 Å². The Bertz CT molecular complexity index is 707. The van der Waals surface area contributed by atoms with Gasteiger partial charge in [-0.15, -0.1) is 5.10 Å². The van der Waals surface area contributed by atoms with Crippen molar-refractivity contribution in [3.63, 3.8) is 0 Å². The monoisotopic (exact) mass is 289 g/mol. The van der Waals surface area contributed by atoms with Gasteiger partial charge in [-0.05, 0) is 32.8 Å². The molecule has 1 aliphatic rings. The Morgan fingerprint density at radius 1 is 1.48 bits per heavy atom. The van der Waals surface area contributed by atoms with Crippen molar-refractivity contribution in [1.29, 1.82) is 0 Å². The molecule has 0 aliphatic heterocycles. The normalized spacial score (nSPS) is 15.7. The number of ether oxygens (including phenoxy) is 1. The van der Waals surface area contributed by atoms with Gasteiger partial charge in [-0.25, -0.2) is 14.3 Å². The molecular formula is C13H15N5O3. The molecule has 2 aromatic rings. The smallest absolute Gasteiger partial charge is 0.379 e. The van der Waals surface area contributed by atoms with Crippen molar-refractivity contribution in [3.05, 3.63) is 23.8 Å². The van der Waals surface area contributed by atoms with Crippen molar-refractivity contribution in [2.24, 2.45) is 0 Å². The topological polar surface area (TPSA) is 98.5 Å². The van der Waals surface area contributed by atoms with Gasteiger partial charge >= 0.3 is 5.97 Å². The van der Waals surface area contributed by atoms with Crippen LogP contribution in [0.5, 0.6) is 0 Å². The molecule has 1 unspecified atom stereocenters. The maximum atomic E-state index is 12.0. The lowest BCUT2D eigenvalue weighted by molar-refractivity contribution is -0.129. The zero-order chi connectivity index (χ0) is 15.0. The molecule has 3 rings (SSSR count). The van der Waals surface area contributed by atoms with Crippen LogP contribution in [-0.2, 0) is 9.53 Å². The zero-order valence-electron chi connectivity index (χ0n) is 11.7. The molecule has 1 saturated carbocycles. The van der Waals surface area contributed by atoms with Crippen molar-refractivity contribution in [1.82, 2.24) is 24.9 Å². The fourth-order valence-electron chi connectivity index (χ4n) is 1.81. The van der Waals surface area contributed by atoms with Crippen molar-refractivity contribution >= 4 is 17.7 Å². The van der Waals surface area contributed by atoms with Crippen LogP contribution in [0.3, 0.4) is 0 Å². The molecule has 21 heavy (non-hydrogen) atoms. The van der Waals surface area contributed by atoms with E-state index in [1.54, 1.807) is 12.3 Å². The SMILES string of the molecule is Cc1ccnc2nc(C(=O)OC(C)C(=O)NC3CC3)nn12. The van der Waals surface area contributed by atoms with Gasteiger partial charge in [-0.3, -0.25) is 4.79 Å². The summed E-state index contributed by atoms with van der Waals surface area (Å²) in [5, 5.41) is 6.81. The molecule has 8 nitrogen and oxygen atoms in total. The molecule has 1 fully saturated rings. The molecule has 2 aromatic heterocycles. The van der Waals surface area contributed by atoms with E-state index in [4.69, 9.17) is 4.74 Å². The van der Waals surface area contributed by atoms with Gasteiger partial charge in [0.2, 0.25) is 0 Å². The first-order valence-corrected chi connectivity index (χ1v) is 6.74. The number of nitrogens with one attached hydrogen (secondary N) is 1. The maximum absolute atomic E-state index is 12.0. The third kappa shape index (κ3) is 2.83. The zero-order valence-corrected chi connectivity index (χ0v) is 11.7. The number of hydrogen-bond acceptors (Lipinski definition) is 6. The average Bonchev–Trinajstić information content (AvgIpc) is 3.14. The lowest BCUT2D eigenvalue weighted by Gasteiger charge is -2.11. The lowest BCUT2D eigenvalue weighted by atomic mass is 10.3. The van der Waals surface area contributed by atoms with Gasteiger partial charge in [0.25, 0.3) is 17.5 Å². The van der Waals surface area contributed by atoms with Gasteiger partial charge in [-0.1, -0.05) is 0 Å². The third-order valence-corrected chi connectivity index (χ3v) is 3.19. The molecule has 0 spiro atoms. The molecule has 110 valence electrons. The molecule has 1 aliphatic carbocycles. The van der Waals surface area contributed by atoms with E-state index in [1.165, 1.54) is 11.4 Å². The Kier molecular flexibility index (Phi) is 3.28. The number of carbonyl (C=O) groups is 2. The molecule has 1 atom stereocenters. The predicted octanol–water partition coefficient (Wildman–Crippen LogP) is 0.257. The fraction of sp³-hybridized carbons (Fsp3) is 0.462. The lowest BCUT2D eigenvalue weighted by Crippen LogP contribution is -2.37. The minimum Gasteiger partial charge on any atom is -0.447 e. The summed E-state index contributed by atoms with van der Waals surface area (Å²) in [6, 6.07) is 1.97. The minimum atomic E-state index is -0.876. The highest BCUT2D eigenvalue weighted by molar-refractivity contribution is 5.89. The van der Waals surface area contributed by atoms with E-state index in [9.17, 15) is 9.59 Å². The fourth-order valence-corrected chi connectivity index (χ4v) is 1.81. The van der Waals surface area contributed by atoms with Gasteiger partial charge in [0.15, 0.2) is 6.10 Å². The average molecular weight is 289 g/mol. The van der Waals surface area contributed by atoms with E-state index in [0.29, 0.717) is 5.78 Å². The van der Waals surface area contributed by atoms with Crippen LogP contribution in [0.2, 0.25) is 0 Å². The number of esters is 1. The van der Waals surface area contributed by atoms with Crippen LogP contribution < -0.4 is 5.32 Å². The van der Waals surface area contributed by atoms with Crippen LogP contribution in [0.1, 0.15) is 36.1 Å². The number of aromatic nitrogens is 4. The molecule has 0 aromatic carbocycles. The first-order valence-electron chi connectivity index (χ1n) is 6.74.